The van der Waals surface area contributed by atoms with E-state index in [-0.39, 0.29) is 17.9 Å². The smallest absolute Gasteiger partial charge is 0.319 e. The third kappa shape index (κ3) is 4.89. The molecule has 0 unspecified atom stereocenters. The van der Waals surface area contributed by atoms with Gasteiger partial charge in [0.25, 0.3) is 0 Å². The van der Waals surface area contributed by atoms with E-state index in [1.165, 1.54) is 0 Å². The SMILES string of the molecule is C=CCNC(=O)Nc1ccc(NC(=O)C2CCOCC2)cc1. The molecule has 1 aromatic carbocycles. The Kier molecular flexibility index (Phi) is 5.97. The van der Waals surface area contributed by atoms with Crippen molar-refractivity contribution in [3.8, 4) is 0 Å². The molecule has 1 fully saturated rings. The number of carbonyl (C=O) groups is 2. The summed E-state index contributed by atoms with van der Waals surface area (Å²) in [5.41, 5.74) is 1.37. The molecule has 22 heavy (non-hydrogen) atoms. The zero-order chi connectivity index (χ0) is 15.8. The zero-order valence-electron chi connectivity index (χ0n) is 12.4. The van der Waals surface area contributed by atoms with Crippen molar-refractivity contribution in [3.05, 3.63) is 36.9 Å². The van der Waals surface area contributed by atoms with Crippen molar-refractivity contribution in [2.75, 3.05) is 30.4 Å². The van der Waals surface area contributed by atoms with Gasteiger partial charge in [-0.05, 0) is 37.1 Å². The fraction of sp³-hybridized carbons (Fsp3) is 0.375. The third-order valence-corrected chi connectivity index (χ3v) is 3.41. The lowest BCUT2D eigenvalue weighted by Gasteiger charge is -2.21. The van der Waals surface area contributed by atoms with Gasteiger partial charge in [-0.1, -0.05) is 6.08 Å². The average molecular weight is 303 g/mol. The molecular weight excluding hydrogens is 282 g/mol. The van der Waals surface area contributed by atoms with Gasteiger partial charge in [0.05, 0.1) is 0 Å². The maximum absolute atomic E-state index is 12.1. The summed E-state index contributed by atoms with van der Waals surface area (Å²) >= 11 is 0. The number of nitrogens with one attached hydrogen (secondary N) is 3. The molecule has 0 bridgehead atoms. The van der Waals surface area contributed by atoms with Crippen LogP contribution in [0.1, 0.15) is 12.8 Å². The van der Waals surface area contributed by atoms with Gasteiger partial charge in [-0.25, -0.2) is 4.79 Å². The van der Waals surface area contributed by atoms with Gasteiger partial charge in [0.1, 0.15) is 0 Å². The van der Waals surface area contributed by atoms with Gasteiger partial charge in [0.15, 0.2) is 0 Å². The van der Waals surface area contributed by atoms with Crippen molar-refractivity contribution in [2.24, 2.45) is 5.92 Å². The van der Waals surface area contributed by atoms with Crippen LogP contribution in [-0.4, -0.2) is 31.7 Å². The molecule has 1 aliphatic rings. The highest BCUT2D eigenvalue weighted by Gasteiger charge is 2.21. The van der Waals surface area contributed by atoms with Crippen molar-refractivity contribution in [3.63, 3.8) is 0 Å². The monoisotopic (exact) mass is 303 g/mol. The molecule has 1 aliphatic heterocycles. The summed E-state index contributed by atoms with van der Waals surface area (Å²) in [6.07, 6.45) is 3.12. The van der Waals surface area contributed by atoms with E-state index in [4.69, 9.17) is 4.74 Å². The molecule has 118 valence electrons. The molecule has 0 saturated carbocycles. The molecule has 3 amide bonds. The van der Waals surface area contributed by atoms with E-state index in [1.807, 2.05) is 0 Å². The molecule has 1 aromatic rings. The van der Waals surface area contributed by atoms with E-state index in [0.29, 0.717) is 31.1 Å². The van der Waals surface area contributed by atoms with Crippen LogP contribution in [0.3, 0.4) is 0 Å². The lowest BCUT2D eigenvalue weighted by Crippen LogP contribution is -2.29. The van der Waals surface area contributed by atoms with Gasteiger partial charge in [0.2, 0.25) is 5.91 Å². The average Bonchev–Trinajstić information content (AvgIpc) is 2.55. The number of hydrogen-bond donors (Lipinski definition) is 3. The number of ether oxygens (including phenoxy) is 1. The second-order valence-corrected chi connectivity index (χ2v) is 5.08. The summed E-state index contributed by atoms with van der Waals surface area (Å²) < 4.78 is 5.25. The first-order valence-electron chi connectivity index (χ1n) is 7.33. The summed E-state index contributed by atoms with van der Waals surface area (Å²) in [6, 6.07) is 6.72. The zero-order valence-corrected chi connectivity index (χ0v) is 12.4. The fourth-order valence-electron chi connectivity index (χ4n) is 2.18. The Morgan fingerprint density at radius 1 is 1.14 bits per heavy atom. The number of rotatable bonds is 5. The van der Waals surface area contributed by atoms with Gasteiger partial charge in [-0.3, -0.25) is 4.79 Å². The molecule has 6 heteroatoms. The molecule has 0 radical (unpaired) electrons. The molecule has 0 aromatic heterocycles. The largest absolute Gasteiger partial charge is 0.381 e. The predicted octanol–water partition coefficient (Wildman–Crippen LogP) is 2.36. The second-order valence-electron chi connectivity index (χ2n) is 5.08. The lowest BCUT2D eigenvalue weighted by atomic mass is 9.99. The predicted molar refractivity (Wildman–Crippen MR) is 85.8 cm³/mol. The third-order valence-electron chi connectivity index (χ3n) is 3.41. The summed E-state index contributed by atoms with van der Waals surface area (Å²) in [5.74, 6) is 0.0315. The van der Waals surface area contributed by atoms with E-state index in [2.05, 4.69) is 22.5 Å². The molecule has 0 spiro atoms. The molecule has 1 heterocycles. The van der Waals surface area contributed by atoms with Gasteiger partial charge in [-0.2, -0.15) is 0 Å². The highest BCUT2D eigenvalue weighted by Crippen LogP contribution is 2.19. The Balaban J connectivity index is 1.84. The Labute approximate surface area is 129 Å². The first-order valence-corrected chi connectivity index (χ1v) is 7.33. The first-order chi connectivity index (χ1) is 10.7. The van der Waals surface area contributed by atoms with Crippen LogP contribution >= 0.6 is 0 Å². The lowest BCUT2D eigenvalue weighted by molar-refractivity contribution is -0.122. The van der Waals surface area contributed by atoms with Gasteiger partial charge < -0.3 is 20.7 Å². The van der Waals surface area contributed by atoms with Crippen LogP contribution < -0.4 is 16.0 Å². The standard InChI is InChI=1S/C16H21N3O3/c1-2-9-17-16(21)19-14-5-3-13(4-6-14)18-15(20)12-7-10-22-11-8-12/h2-6,12H,1,7-11H2,(H,18,20)(H2,17,19,21). The van der Waals surface area contributed by atoms with Crippen LogP contribution in [0.2, 0.25) is 0 Å². The van der Waals surface area contributed by atoms with Crippen molar-refractivity contribution >= 4 is 23.3 Å². The number of urea groups is 1. The molecule has 0 aliphatic carbocycles. The van der Waals surface area contributed by atoms with E-state index < -0.39 is 0 Å². The van der Waals surface area contributed by atoms with Crippen molar-refractivity contribution in [2.45, 2.75) is 12.8 Å². The van der Waals surface area contributed by atoms with Gasteiger partial charge in [0, 0.05) is 37.1 Å². The maximum Gasteiger partial charge on any atom is 0.319 e. The topological polar surface area (TPSA) is 79.5 Å². The van der Waals surface area contributed by atoms with Gasteiger partial charge in [-0.15, -0.1) is 6.58 Å². The quantitative estimate of drug-likeness (QED) is 0.731. The Bertz CT molecular complexity index is 522. The van der Waals surface area contributed by atoms with Crippen LogP contribution in [0.25, 0.3) is 0 Å². The minimum Gasteiger partial charge on any atom is -0.381 e. The van der Waals surface area contributed by atoms with Crippen LogP contribution in [0.4, 0.5) is 16.2 Å². The number of carbonyl (C=O) groups excluding carboxylic acids is 2. The highest BCUT2D eigenvalue weighted by atomic mass is 16.5. The number of benzene rings is 1. The van der Waals surface area contributed by atoms with Crippen molar-refractivity contribution in [1.82, 2.24) is 5.32 Å². The van der Waals surface area contributed by atoms with Crippen LogP contribution in [-0.2, 0) is 9.53 Å². The van der Waals surface area contributed by atoms with Crippen LogP contribution in [0.5, 0.6) is 0 Å². The van der Waals surface area contributed by atoms with E-state index >= 15 is 0 Å². The summed E-state index contributed by atoms with van der Waals surface area (Å²) in [6.45, 7) is 5.21. The van der Waals surface area contributed by atoms with Crippen LogP contribution in [0.15, 0.2) is 36.9 Å². The first kappa shape index (κ1) is 16.0. The molecule has 2 rings (SSSR count). The molecular formula is C16H21N3O3. The number of hydrogen-bond acceptors (Lipinski definition) is 3. The molecule has 3 N–H and O–H groups in total. The second kappa shape index (κ2) is 8.19. The van der Waals surface area contributed by atoms with Crippen LogP contribution in [0, 0.1) is 5.92 Å². The summed E-state index contributed by atoms with van der Waals surface area (Å²) in [5, 5.41) is 8.20. The van der Waals surface area contributed by atoms with Crippen molar-refractivity contribution < 1.29 is 14.3 Å². The highest BCUT2D eigenvalue weighted by molar-refractivity contribution is 5.93. The van der Waals surface area contributed by atoms with E-state index in [1.54, 1.807) is 30.3 Å². The molecule has 0 atom stereocenters. The Morgan fingerprint density at radius 3 is 2.32 bits per heavy atom. The molecule has 1 saturated heterocycles. The minimum absolute atomic E-state index is 0.0104. The normalized spacial score (nSPS) is 14.9. The maximum atomic E-state index is 12.1. The number of amides is 3. The summed E-state index contributed by atoms with van der Waals surface area (Å²) in [4.78, 5) is 23.6. The fourth-order valence-corrected chi connectivity index (χ4v) is 2.18. The Hall–Kier alpha value is -2.34. The van der Waals surface area contributed by atoms with Gasteiger partial charge >= 0.3 is 6.03 Å². The minimum atomic E-state index is -0.293. The molecule has 6 nitrogen and oxygen atoms in total. The van der Waals surface area contributed by atoms with E-state index in [0.717, 1.165) is 12.8 Å². The van der Waals surface area contributed by atoms with Crippen molar-refractivity contribution in [1.29, 1.82) is 0 Å². The number of anilines is 2. The van der Waals surface area contributed by atoms with E-state index in [9.17, 15) is 9.59 Å². The summed E-state index contributed by atoms with van der Waals surface area (Å²) in [7, 11) is 0. The Morgan fingerprint density at radius 2 is 1.73 bits per heavy atom.